The number of hydrogen-bond donors (Lipinski definition) is 1. The molecule has 0 radical (unpaired) electrons. The number of fused-ring (bicyclic) bond motifs is 1. The van der Waals surface area contributed by atoms with Gasteiger partial charge in [0.25, 0.3) is 0 Å². The third kappa shape index (κ3) is 2.71. The van der Waals surface area contributed by atoms with Crippen molar-refractivity contribution < 1.29 is 4.39 Å². The molecule has 4 rings (SSSR count). The number of rotatable bonds is 4. The van der Waals surface area contributed by atoms with Crippen molar-refractivity contribution in [3.8, 4) is 5.69 Å². The maximum Gasteiger partial charge on any atom is 0.168 e. The lowest BCUT2D eigenvalue weighted by Gasteiger charge is -2.07. The molecule has 1 aromatic carbocycles. The smallest absolute Gasteiger partial charge is 0.168 e. The number of aromatic nitrogens is 6. The molecule has 1 N–H and O–H groups in total. The number of halogens is 1. The fourth-order valence-electron chi connectivity index (χ4n) is 2.77. The highest BCUT2D eigenvalue weighted by atomic mass is 19.1. The van der Waals surface area contributed by atoms with E-state index < -0.39 is 0 Å². The Morgan fingerprint density at radius 1 is 1.20 bits per heavy atom. The Kier molecular flexibility index (Phi) is 3.64. The number of imidazole rings is 1. The third-order valence-corrected chi connectivity index (χ3v) is 4.03. The Morgan fingerprint density at radius 3 is 2.84 bits per heavy atom. The van der Waals surface area contributed by atoms with E-state index in [0.717, 1.165) is 16.9 Å². The van der Waals surface area contributed by atoms with E-state index in [1.165, 1.54) is 18.5 Å². The van der Waals surface area contributed by atoms with Gasteiger partial charge in [0.1, 0.15) is 23.8 Å². The van der Waals surface area contributed by atoms with E-state index in [1.54, 1.807) is 23.0 Å². The lowest BCUT2D eigenvalue weighted by molar-refractivity contribution is 0.625. The average Bonchev–Trinajstić information content (AvgIpc) is 3.17. The summed E-state index contributed by atoms with van der Waals surface area (Å²) in [7, 11) is 1.94. The summed E-state index contributed by atoms with van der Waals surface area (Å²) in [5, 5.41) is 8.60. The number of aryl methyl sites for hydroxylation is 2. The van der Waals surface area contributed by atoms with Crippen LogP contribution in [0.1, 0.15) is 11.5 Å². The van der Waals surface area contributed by atoms with Crippen molar-refractivity contribution in [3.63, 3.8) is 0 Å². The molecule has 0 aliphatic heterocycles. The standard InChI is InChI=1S/C17H16FN7/c1-11-15-16(20-9-14-19-6-7-24(14)2)21-10-22-17(15)25(23-11)13-5-3-4-12(18)8-13/h3-8,10H,9H2,1-2H3,(H,20,21,22). The summed E-state index contributed by atoms with van der Waals surface area (Å²) in [6.45, 7) is 2.41. The van der Waals surface area contributed by atoms with Crippen LogP contribution >= 0.6 is 0 Å². The molecule has 0 amide bonds. The molecule has 0 spiro atoms. The van der Waals surface area contributed by atoms with Crippen molar-refractivity contribution in [2.24, 2.45) is 7.05 Å². The van der Waals surface area contributed by atoms with E-state index in [0.29, 0.717) is 23.7 Å². The van der Waals surface area contributed by atoms with Gasteiger partial charge in [0, 0.05) is 19.4 Å². The highest BCUT2D eigenvalue weighted by molar-refractivity contribution is 5.90. The van der Waals surface area contributed by atoms with Crippen LogP contribution < -0.4 is 5.32 Å². The van der Waals surface area contributed by atoms with Crippen LogP contribution in [-0.2, 0) is 13.6 Å². The summed E-state index contributed by atoms with van der Waals surface area (Å²) in [5.41, 5.74) is 2.01. The van der Waals surface area contributed by atoms with Crippen LogP contribution in [0.3, 0.4) is 0 Å². The molecular formula is C17H16FN7. The van der Waals surface area contributed by atoms with Gasteiger partial charge in [-0.2, -0.15) is 5.10 Å². The minimum Gasteiger partial charge on any atom is -0.362 e. The number of nitrogens with one attached hydrogen (secondary N) is 1. The molecule has 0 unspecified atom stereocenters. The maximum absolute atomic E-state index is 13.6. The number of benzene rings is 1. The first-order valence-corrected chi connectivity index (χ1v) is 7.80. The first-order valence-electron chi connectivity index (χ1n) is 7.80. The van der Waals surface area contributed by atoms with E-state index in [4.69, 9.17) is 0 Å². The summed E-state index contributed by atoms with van der Waals surface area (Å²) < 4.78 is 17.1. The summed E-state index contributed by atoms with van der Waals surface area (Å²) >= 11 is 0. The molecule has 0 bridgehead atoms. The third-order valence-electron chi connectivity index (χ3n) is 4.03. The summed E-state index contributed by atoms with van der Waals surface area (Å²) in [4.78, 5) is 13.0. The molecule has 126 valence electrons. The Balaban J connectivity index is 1.76. The van der Waals surface area contributed by atoms with Crippen molar-refractivity contribution in [1.29, 1.82) is 0 Å². The van der Waals surface area contributed by atoms with Gasteiger partial charge in [0.05, 0.1) is 23.3 Å². The van der Waals surface area contributed by atoms with Crippen molar-refractivity contribution >= 4 is 16.9 Å². The average molecular weight is 337 g/mol. The topological polar surface area (TPSA) is 73.5 Å². The fraction of sp³-hybridized carbons (Fsp3) is 0.176. The number of nitrogens with zero attached hydrogens (tertiary/aromatic N) is 6. The zero-order valence-electron chi connectivity index (χ0n) is 13.8. The van der Waals surface area contributed by atoms with E-state index in [-0.39, 0.29) is 5.82 Å². The van der Waals surface area contributed by atoms with Gasteiger partial charge in [-0.3, -0.25) is 0 Å². The van der Waals surface area contributed by atoms with Crippen LogP contribution in [0.25, 0.3) is 16.7 Å². The molecule has 0 saturated heterocycles. The molecule has 0 atom stereocenters. The van der Waals surface area contributed by atoms with Gasteiger partial charge in [0.15, 0.2) is 5.65 Å². The van der Waals surface area contributed by atoms with Gasteiger partial charge in [-0.1, -0.05) is 6.07 Å². The quantitative estimate of drug-likeness (QED) is 0.620. The first kappa shape index (κ1) is 15.3. The van der Waals surface area contributed by atoms with Gasteiger partial charge in [-0.25, -0.2) is 24.0 Å². The van der Waals surface area contributed by atoms with E-state index in [1.807, 2.05) is 24.7 Å². The second-order valence-electron chi connectivity index (χ2n) is 5.71. The van der Waals surface area contributed by atoms with Crippen LogP contribution in [0.4, 0.5) is 10.2 Å². The normalized spacial score (nSPS) is 11.2. The van der Waals surface area contributed by atoms with Crippen molar-refractivity contribution in [3.05, 3.63) is 60.3 Å². The van der Waals surface area contributed by atoms with Crippen LogP contribution in [0.2, 0.25) is 0 Å². The Hall–Kier alpha value is -3.29. The highest BCUT2D eigenvalue weighted by Crippen LogP contribution is 2.25. The number of hydrogen-bond acceptors (Lipinski definition) is 5. The van der Waals surface area contributed by atoms with Gasteiger partial charge >= 0.3 is 0 Å². The van der Waals surface area contributed by atoms with Crippen molar-refractivity contribution in [1.82, 2.24) is 29.3 Å². The zero-order chi connectivity index (χ0) is 17.4. The minimum atomic E-state index is -0.319. The molecule has 0 saturated carbocycles. The Bertz CT molecular complexity index is 1050. The summed E-state index contributed by atoms with van der Waals surface area (Å²) in [6.07, 6.45) is 5.11. The predicted molar refractivity (Wildman–Crippen MR) is 91.9 cm³/mol. The predicted octanol–water partition coefficient (Wildman–Crippen LogP) is 2.61. The van der Waals surface area contributed by atoms with Crippen molar-refractivity contribution in [2.75, 3.05) is 5.32 Å². The molecule has 3 aromatic heterocycles. The summed E-state index contributed by atoms with van der Waals surface area (Å²) in [6, 6.07) is 6.26. The lowest BCUT2D eigenvalue weighted by atomic mass is 10.3. The van der Waals surface area contributed by atoms with Crippen LogP contribution in [-0.4, -0.2) is 29.3 Å². The molecule has 4 aromatic rings. The van der Waals surface area contributed by atoms with Crippen LogP contribution in [0, 0.1) is 12.7 Å². The molecule has 3 heterocycles. The molecule has 8 heteroatoms. The molecule has 0 aliphatic rings. The minimum absolute atomic E-state index is 0.319. The fourth-order valence-corrected chi connectivity index (χ4v) is 2.77. The maximum atomic E-state index is 13.6. The molecular weight excluding hydrogens is 321 g/mol. The highest BCUT2D eigenvalue weighted by Gasteiger charge is 2.15. The van der Waals surface area contributed by atoms with Crippen LogP contribution in [0.5, 0.6) is 0 Å². The largest absolute Gasteiger partial charge is 0.362 e. The van der Waals surface area contributed by atoms with Crippen molar-refractivity contribution in [2.45, 2.75) is 13.5 Å². The summed E-state index contributed by atoms with van der Waals surface area (Å²) in [5.74, 6) is 1.25. The van der Waals surface area contributed by atoms with Gasteiger partial charge < -0.3 is 9.88 Å². The number of anilines is 1. The molecule has 0 aliphatic carbocycles. The monoisotopic (exact) mass is 337 g/mol. The molecule has 0 fully saturated rings. The van der Waals surface area contributed by atoms with Gasteiger partial charge in [-0.05, 0) is 25.1 Å². The lowest BCUT2D eigenvalue weighted by Crippen LogP contribution is -2.07. The Labute approximate surface area is 143 Å². The van der Waals surface area contributed by atoms with E-state index >= 15 is 0 Å². The second kappa shape index (κ2) is 5.97. The molecule has 25 heavy (non-hydrogen) atoms. The SMILES string of the molecule is Cc1nn(-c2cccc(F)c2)c2ncnc(NCc3nccn3C)c12. The van der Waals surface area contributed by atoms with Gasteiger partial charge in [0.2, 0.25) is 0 Å². The first-order chi connectivity index (χ1) is 12.1. The van der Waals surface area contributed by atoms with E-state index in [2.05, 4.69) is 25.4 Å². The molecule has 7 nitrogen and oxygen atoms in total. The van der Waals surface area contributed by atoms with Crippen LogP contribution in [0.15, 0.2) is 43.0 Å². The Morgan fingerprint density at radius 2 is 2.08 bits per heavy atom. The second-order valence-corrected chi connectivity index (χ2v) is 5.71. The zero-order valence-corrected chi connectivity index (χ0v) is 13.8. The van der Waals surface area contributed by atoms with E-state index in [9.17, 15) is 4.39 Å². The van der Waals surface area contributed by atoms with Gasteiger partial charge in [-0.15, -0.1) is 0 Å².